The van der Waals surface area contributed by atoms with Crippen LogP contribution < -0.4 is 0 Å². The Balaban J connectivity index is 2.88. The molecule has 1 rings (SSSR count). The zero-order valence-electron chi connectivity index (χ0n) is 10.9. The van der Waals surface area contributed by atoms with Gasteiger partial charge in [0.15, 0.2) is 0 Å². The summed E-state index contributed by atoms with van der Waals surface area (Å²) in [5.41, 5.74) is 0.708. The Kier molecular flexibility index (Phi) is 5.51. The topological polar surface area (TPSA) is 17.1 Å². The Morgan fingerprint density at radius 3 is 2.06 bits per heavy atom. The molecular weight excluding hydrogens is 269 g/mol. The predicted octanol–water partition coefficient (Wildman–Crippen LogP) is 3.92. The Morgan fingerprint density at radius 2 is 1.59 bits per heavy atom. The van der Waals surface area contributed by atoms with E-state index in [1.54, 1.807) is 0 Å². The molecule has 0 aliphatic heterocycles. The van der Waals surface area contributed by atoms with Gasteiger partial charge in [-0.1, -0.05) is 0 Å². The van der Waals surface area contributed by atoms with Crippen LogP contribution in [-0.2, 0) is 0 Å². The summed E-state index contributed by atoms with van der Waals surface area (Å²) in [5.74, 6) is 2.86. The van der Waals surface area contributed by atoms with Gasteiger partial charge in [0, 0.05) is 0 Å². The predicted molar refractivity (Wildman–Crippen MR) is 75.7 cm³/mol. The molecule has 0 spiro atoms. The summed E-state index contributed by atoms with van der Waals surface area (Å²) < 4.78 is 3.37. The Morgan fingerprint density at radius 1 is 1.06 bits per heavy atom. The van der Waals surface area contributed by atoms with E-state index < -0.39 is 13.3 Å². The second-order valence-electron chi connectivity index (χ2n) is 4.29. The van der Waals surface area contributed by atoms with Crippen molar-refractivity contribution in [2.45, 2.75) is 36.5 Å². The second kappa shape index (κ2) is 6.66. The molecule has 0 fully saturated rings. The first-order chi connectivity index (χ1) is 8.17. The van der Waals surface area contributed by atoms with Crippen LogP contribution in [0, 0.1) is 10.7 Å². The van der Waals surface area contributed by atoms with E-state index in [0.717, 1.165) is 0 Å². The van der Waals surface area contributed by atoms with Crippen molar-refractivity contribution in [2.75, 3.05) is 0 Å². The van der Waals surface area contributed by atoms with Crippen molar-refractivity contribution in [3.8, 4) is 10.7 Å². The summed E-state index contributed by atoms with van der Waals surface area (Å²) in [6, 6.07) is 9.33. The van der Waals surface area contributed by atoms with Gasteiger partial charge >= 0.3 is 107 Å². The zero-order chi connectivity index (χ0) is 12.7. The molecule has 0 atom stereocenters. The summed E-state index contributed by atoms with van der Waals surface area (Å²) in [5, 5.41) is 3.55. The van der Waals surface area contributed by atoms with Gasteiger partial charge in [0.25, 0.3) is 0 Å². The first kappa shape index (κ1) is 14.1. The van der Waals surface area contributed by atoms with Crippen LogP contribution in [0.15, 0.2) is 30.3 Å². The number of hydrogen-bond donors (Lipinski definition) is 0. The standard InChI is InChI=1S/C15H20GeO/c1-4-16(5-2,6-3)13-12-15(17)14-10-8-7-9-11-14/h7-11H,4-6H2,1-3H3. The molecule has 0 radical (unpaired) electrons. The number of carbonyl (C=O) groups excluding carboxylic acids is 1. The minimum atomic E-state index is -2.02. The molecule has 0 unspecified atom stereocenters. The fourth-order valence-corrected chi connectivity index (χ4v) is 6.92. The van der Waals surface area contributed by atoms with Crippen LogP contribution in [0.5, 0.6) is 0 Å². The van der Waals surface area contributed by atoms with Gasteiger partial charge in [0.1, 0.15) is 0 Å². The Labute approximate surface area is 107 Å². The summed E-state index contributed by atoms with van der Waals surface area (Å²) in [6.07, 6.45) is 0. The van der Waals surface area contributed by atoms with Crippen LogP contribution in [0.3, 0.4) is 0 Å². The van der Waals surface area contributed by atoms with Gasteiger partial charge in [-0.25, -0.2) is 0 Å². The molecular formula is C15H20GeO. The van der Waals surface area contributed by atoms with Crippen LogP contribution in [-0.4, -0.2) is 19.0 Å². The molecule has 0 bridgehead atoms. The molecule has 1 aromatic carbocycles. The van der Waals surface area contributed by atoms with E-state index >= 15 is 0 Å². The van der Waals surface area contributed by atoms with Crippen LogP contribution in [0.2, 0.25) is 15.8 Å². The van der Waals surface area contributed by atoms with Crippen molar-refractivity contribution in [3.63, 3.8) is 0 Å². The number of ketones is 1. The molecule has 90 valence electrons. The summed E-state index contributed by atoms with van der Waals surface area (Å²) in [6.45, 7) is 6.65. The van der Waals surface area contributed by atoms with Crippen molar-refractivity contribution in [1.82, 2.24) is 0 Å². The maximum absolute atomic E-state index is 11.9. The third-order valence-corrected chi connectivity index (χ3v) is 13.4. The van der Waals surface area contributed by atoms with E-state index in [-0.39, 0.29) is 5.78 Å². The van der Waals surface area contributed by atoms with E-state index in [0.29, 0.717) is 5.56 Å². The zero-order valence-corrected chi connectivity index (χ0v) is 13.0. The van der Waals surface area contributed by atoms with Gasteiger partial charge in [0.2, 0.25) is 0 Å². The quantitative estimate of drug-likeness (QED) is 0.466. The summed E-state index contributed by atoms with van der Waals surface area (Å²) in [4.78, 5) is 11.9. The number of Topliss-reactive ketones (excluding diaryl/α,β-unsaturated/α-hetero) is 1. The first-order valence-electron chi connectivity index (χ1n) is 6.30. The molecule has 2 heteroatoms. The van der Waals surface area contributed by atoms with Crippen molar-refractivity contribution in [1.29, 1.82) is 0 Å². The van der Waals surface area contributed by atoms with Gasteiger partial charge < -0.3 is 0 Å². The Hall–Kier alpha value is -1.01. The van der Waals surface area contributed by atoms with E-state index in [9.17, 15) is 4.79 Å². The Bertz CT molecular complexity index is 413. The van der Waals surface area contributed by atoms with E-state index in [2.05, 4.69) is 31.4 Å². The summed E-state index contributed by atoms with van der Waals surface area (Å²) in [7, 11) is 0. The number of hydrogen-bond acceptors (Lipinski definition) is 1. The normalized spacial score (nSPS) is 10.5. The van der Waals surface area contributed by atoms with Crippen LogP contribution in [0.4, 0.5) is 0 Å². The molecule has 0 aromatic heterocycles. The molecule has 0 heterocycles. The van der Waals surface area contributed by atoms with Crippen molar-refractivity contribution in [2.24, 2.45) is 0 Å². The van der Waals surface area contributed by atoms with Crippen molar-refractivity contribution in [3.05, 3.63) is 35.9 Å². The maximum atomic E-state index is 11.9. The number of benzene rings is 1. The second-order valence-corrected chi connectivity index (χ2v) is 14.6. The first-order valence-corrected chi connectivity index (χ1v) is 11.8. The average Bonchev–Trinajstić information content (AvgIpc) is 2.41. The molecule has 1 aromatic rings. The molecule has 0 amide bonds. The van der Waals surface area contributed by atoms with Gasteiger partial charge in [0.05, 0.1) is 0 Å². The van der Waals surface area contributed by atoms with E-state index in [1.807, 2.05) is 30.3 Å². The number of rotatable bonds is 4. The molecule has 0 saturated carbocycles. The van der Waals surface area contributed by atoms with Gasteiger partial charge in [-0.05, 0) is 0 Å². The molecule has 0 aliphatic rings. The monoisotopic (exact) mass is 290 g/mol. The van der Waals surface area contributed by atoms with E-state index in [4.69, 9.17) is 0 Å². The fraction of sp³-hybridized carbons (Fsp3) is 0.400. The van der Waals surface area contributed by atoms with Gasteiger partial charge in [-0.2, -0.15) is 0 Å². The van der Waals surface area contributed by atoms with Crippen molar-refractivity contribution >= 4 is 19.0 Å². The van der Waals surface area contributed by atoms with Gasteiger partial charge in [-0.15, -0.1) is 0 Å². The van der Waals surface area contributed by atoms with Crippen LogP contribution in [0.25, 0.3) is 0 Å². The molecule has 0 aliphatic carbocycles. The van der Waals surface area contributed by atoms with Crippen molar-refractivity contribution < 1.29 is 4.79 Å². The average molecular weight is 289 g/mol. The fourth-order valence-electron chi connectivity index (χ4n) is 1.87. The van der Waals surface area contributed by atoms with Gasteiger partial charge in [-0.3, -0.25) is 0 Å². The molecule has 0 saturated heterocycles. The SMILES string of the molecule is C[CH2][Ge]([C]#CC(=O)c1ccccc1)([CH2]C)[CH2]C. The number of carbonyl (C=O) groups is 1. The minimum absolute atomic E-state index is 0.0315. The molecule has 1 nitrogen and oxygen atoms in total. The molecule has 0 N–H and O–H groups in total. The van der Waals surface area contributed by atoms with Crippen LogP contribution >= 0.6 is 0 Å². The third kappa shape index (κ3) is 3.75. The third-order valence-electron chi connectivity index (χ3n) is 3.51. The van der Waals surface area contributed by atoms with E-state index in [1.165, 1.54) is 15.8 Å². The summed E-state index contributed by atoms with van der Waals surface area (Å²) >= 11 is -2.02. The molecule has 17 heavy (non-hydrogen) atoms. The van der Waals surface area contributed by atoms with Crippen LogP contribution in [0.1, 0.15) is 31.1 Å².